The Morgan fingerprint density at radius 1 is 0.791 bits per heavy atom. The Hall–Kier alpha value is -2.98. The zero-order valence-corrected chi connectivity index (χ0v) is 26.1. The van der Waals surface area contributed by atoms with Crippen LogP contribution in [0, 0.1) is 0 Å². The number of benzene rings is 3. The van der Waals surface area contributed by atoms with Gasteiger partial charge in [-0.2, -0.15) is 0 Å². The maximum Gasteiger partial charge on any atom is 0.173 e. The fourth-order valence-electron chi connectivity index (χ4n) is 4.87. The maximum absolute atomic E-state index is 12.6. The third-order valence-electron chi connectivity index (χ3n) is 6.86. The average Bonchev–Trinajstić information content (AvgIpc) is 3.00. The molecule has 1 aliphatic heterocycles. The molecule has 1 saturated heterocycles. The topological polar surface area (TPSA) is 83.5 Å². The minimum Gasteiger partial charge on any atom is -0.511 e. The number of Topliss-reactive ketones (excluding diaryl/α,β-unsaturated/α-hetero) is 1. The highest BCUT2D eigenvalue weighted by atomic mass is 32.2. The second-order valence-electron chi connectivity index (χ2n) is 10.8. The van der Waals surface area contributed by atoms with Crippen LogP contribution < -0.4 is 0 Å². The van der Waals surface area contributed by atoms with Crippen molar-refractivity contribution >= 4 is 17.5 Å². The first-order valence-electron chi connectivity index (χ1n) is 14.6. The molecule has 1 heterocycles. The molecule has 1 fully saturated rings. The predicted molar refractivity (Wildman–Crippen MR) is 168 cm³/mol. The molecule has 230 valence electrons. The molecule has 4 rings (SSSR count). The lowest BCUT2D eigenvalue weighted by Gasteiger charge is -2.46. The van der Waals surface area contributed by atoms with Gasteiger partial charge in [-0.1, -0.05) is 91.0 Å². The summed E-state index contributed by atoms with van der Waals surface area (Å²) in [6, 6.07) is 29.8. The monoisotopic (exact) mass is 606 g/mol. The van der Waals surface area contributed by atoms with Gasteiger partial charge in [0.15, 0.2) is 12.1 Å². The maximum atomic E-state index is 12.6. The van der Waals surface area contributed by atoms with Gasteiger partial charge in [0, 0.05) is 0 Å². The summed E-state index contributed by atoms with van der Waals surface area (Å²) in [4.78, 5) is 12.8. The quantitative estimate of drug-likeness (QED) is 0.146. The number of aliphatic hydroxyl groups excluding tert-OH is 1. The molecule has 0 aliphatic carbocycles. The number of rotatable bonds is 15. The average molecular weight is 607 g/mol. The molecular weight excluding hydrogens is 564 g/mol. The molecule has 3 aromatic rings. The number of ketones is 1. The van der Waals surface area contributed by atoms with Crippen molar-refractivity contribution in [3.63, 3.8) is 0 Å². The molecule has 7 nitrogen and oxygen atoms in total. The fraction of sp³-hybridized carbons (Fsp3) is 0.400. The highest BCUT2D eigenvalue weighted by molar-refractivity contribution is 8.04. The Morgan fingerprint density at radius 3 is 1.74 bits per heavy atom. The van der Waals surface area contributed by atoms with Crippen LogP contribution >= 0.6 is 11.8 Å². The van der Waals surface area contributed by atoms with Crippen LogP contribution in [-0.4, -0.2) is 53.5 Å². The molecular formula is C35H42O7S. The lowest BCUT2D eigenvalue weighted by atomic mass is 10.00. The molecule has 43 heavy (non-hydrogen) atoms. The van der Waals surface area contributed by atoms with E-state index < -0.39 is 29.9 Å². The molecule has 8 heteroatoms. The summed E-state index contributed by atoms with van der Waals surface area (Å²) in [7, 11) is 0. The van der Waals surface area contributed by atoms with Crippen molar-refractivity contribution in [2.75, 3.05) is 6.61 Å². The number of carbonyl (C=O) groups excluding carboxylic acids is 1. The van der Waals surface area contributed by atoms with Gasteiger partial charge < -0.3 is 28.8 Å². The second-order valence-corrected chi connectivity index (χ2v) is 12.0. The second kappa shape index (κ2) is 16.8. The summed E-state index contributed by atoms with van der Waals surface area (Å²) in [5, 5.41) is 9.90. The highest BCUT2D eigenvalue weighted by Crippen LogP contribution is 2.40. The summed E-state index contributed by atoms with van der Waals surface area (Å²) >= 11 is 1.21. The van der Waals surface area contributed by atoms with Crippen molar-refractivity contribution < 1.29 is 33.6 Å². The molecule has 3 aromatic carbocycles. The van der Waals surface area contributed by atoms with Gasteiger partial charge in [-0.15, -0.1) is 11.8 Å². The molecule has 0 spiro atoms. The first-order valence-corrected chi connectivity index (χ1v) is 15.5. The molecule has 0 aromatic heterocycles. The van der Waals surface area contributed by atoms with Crippen molar-refractivity contribution in [2.24, 2.45) is 0 Å². The van der Waals surface area contributed by atoms with Gasteiger partial charge >= 0.3 is 0 Å². The van der Waals surface area contributed by atoms with E-state index in [4.69, 9.17) is 23.7 Å². The molecule has 0 unspecified atom stereocenters. The lowest BCUT2D eigenvalue weighted by molar-refractivity contribution is -0.281. The number of hydrogen-bond donors (Lipinski definition) is 1. The van der Waals surface area contributed by atoms with E-state index in [0.717, 1.165) is 16.7 Å². The van der Waals surface area contributed by atoms with E-state index >= 15 is 0 Å². The number of thioether (sulfide) groups is 1. The van der Waals surface area contributed by atoms with Gasteiger partial charge in [-0.05, 0) is 44.4 Å². The Kier molecular flexibility index (Phi) is 12.8. The van der Waals surface area contributed by atoms with Crippen LogP contribution in [0.3, 0.4) is 0 Å². The van der Waals surface area contributed by atoms with Crippen LogP contribution in [0.25, 0.3) is 0 Å². The van der Waals surface area contributed by atoms with Gasteiger partial charge in [-0.25, -0.2) is 0 Å². The predicted octanol–water partition coefficient (Wildman–Crippen LogP) is 7.00. The normalized spacial score (nSPS) is 22.8. The first-order chi connectivity index (χ1) is 20.8. The van der Waals surface area contributed by atoms with Gasteiger partial charge in [0.05, 0.1) is 42.7 Å². The summed E-state index contributed by atoms with van der Waals surface area (Å²) in [5.41, 5.74) is 3.06. The minimum atomic E-state index is -0.763. The molecule has 0 bridgehead atoms. The Labute approximate surface area is 259 Å². The fourth-order valence-corrected chi connectivity index (χ4v) is 6.08. The SMILES string of the molecule is CC(=O)/C(S[C@H]1[C@@H](OC(C)C)O[C@H](COCc2ccccc2)[C@@H](OCc2ccccc2)[C@@H]1OCc1ccccc1)=C(/C)O. The van der Waals surface area contributed by atoms with E-state index in [0.29, 0.717) is 19.8 Å². The largest absolute Gasteiger partial charge is 0.511 e. The highest BCUT2D eigenvalue weighted by Gasteiger charge is 2.49. The number of aliphatic hydroxyl groups is 1. The summed E-state index contributed by atoms with van der Waals surface area (Å²) in [6.45, 7) is 8.11. The molecule has 0 amide bonds. The van der Waals surface area contributed by atoms with Gasteiger partial charge in [0.1, 0.15) is 24.1 Å². The van der Waals surface area contributed by atoms with Gasteiger partial charge in [0.25, 0.3) is 0 Å². The van der Waals surface area contributed by atoms with E-state index in [-0.39, 0.29) is 29.2 Å². The lowest BCUT2D eigenvalue weighted by Crippen LogP contribution is -2.60. The summed E-state index contributed by atoms with van der Waals surface area (Å²) in [5.74, 6) is -0.303. The van der Waals surface area contributed by atoms with Crippen molar-refractivity contribution in [1.29, 1.82) is 0 Å². The van der Waals surface area contributed by atoms with Crippen LogP contribution in [0.5, 0.6) is 0 Å². The van der Waals surface area contributed by atoms with Crippen molar-refractivity contribution in [1.82, 2.24) is 0 Å². The third kappa shape index (κ3) is 10.0. The number of hydrogen-bond acceptors (Lipinski definition) is 8. The summed E-state index contributed by atoms with van der Waals surface area (Å²) < 4.78 is 32.4. The van der Waals surface area contributed by atoms with Crippen LogP contribution in [0.15, 0.2) is 102 Å². The van der Waals surface area contributed by atoms with E-state index in [1.54, 1.807) is 0 Å². The zero-order chi connectivity index (χ0) is 30.6. The smallest absolute Gasteiger partial charge is 0.173 e. The van der Waals surface area contributed by atoms with Crippen molar-refractivity contribution in [3.05, 3.63) is 118 Å². The third-order valence-corrected chi connectivity index (χ3v) is 8.45. The number of ether oxygens (including phenoxy) is 5. The van der Waals surface area contributed by atoms with Crippen LogP contribution in [0.1, 0.15) is 44.4 Å². The van der Waals surface area contributed by atoms with E-state index in [9.17, 15) is 9.90 Å². The van der Waals surface area contributed by atoms with E-state index in [2.05, 4.69) is 0 Å². The Bertz CT molecular complexity index is 1280. The van der Waals surface area contributed by atoms with Crippen molar-refractivity contribution in [3.8, 4) is 0 Å². The Balaban J connectivity index is 1.68. The van der Waals surface area contributed by atoms with Crippen LogP contribution in [0.2, 0.25) is 0 Å². The van der Waals surface area contributed by atoms with Crippen LogP contribution in [-0.2, 0) is 48.3 Å². The first kappa shape index (κ1) is 32.9. The van der Waals surface area contributed by atoms with Crippen LogP contribution in [0.4, 0.5) is 0 Å². The van der Waals surface area contributed by atoms with E-state index in [1.165, 1.54) is 25.6 Å². The standard InChI is InChI=1S/C35H42O7S/c1-24(2)41-35-34(43-33(25(3)36)26(4)37)32(40-22-29-18-12-7-13-19-29)31(39-21-28-16-10-6-11-17-28)30(42-35)23-38-20-27-14-8-5-9-15-27/h5-19,24,30-32,34-36H,20-23H2,1-4H3/b33-25+/t30-,31-,32+,34-,35+/m1/s1. The molecule has 1 N–H and O–H groups in total. The van der Waals surface area contributed by atoms with Gasteiger partial charge in [-0.3, -0.25) is 4.79 Å². The zero-order valence-electron chi connectivity index (χ0n) is 25.3. The number of carbonyl (C=O) groups is 1. The number of allylic oxidation sites excluding steroid dienone is 2. The minimum absolute atomic E-state index is 0.0577. The molecule has 0 radical (unpaired) electrons. The molecule has 5 atom stereocenters. The summed E-state index contributed by atoms with van der Waals surface area (Å²) in [6.07, 6.45) is -2.62. The van der Waals surface area contributed by atoms with E-state index in [1.807, 2.05) is 105 Å². The molecule has 1 aliphatic rings. The Morgan fingerprint density at radius 2 is 1.28 bits per heavy atom. The van der Waals surface area contributed by atoms with Crippen molar-refractivity contribution in [2.45, 2.75) is 83.5 Å². The molecule has 0 saturated carbocycles. The van der Waals surface area contributed by atoms with Gasteiger partial charge in [0.2, 0.25) is 0 Å².